The van der Waals surface area contributed by atoms with Crippen molar-refractivity contribution in [2.45, 2.75) is 44.9 Å². The molecule has 1 saturated heterocycles. The van der Waals surface area contributed by atoms with Crippen molar-refractivity contribution in [3.05, 3.63) is 51.4 Å². The molecule has 0 radical (unpaired) electrons. The monoisotopic (exact) mass is 574 g/mol. The number of rotatable bonds is 6. The van der Waals surface area contributed by atoms with Gasteiger partial charge in [-0.3, -0.25) is 14.5 Å². The van der Waals surface area contributed by atoms with Gasteiger partial charge >= 0.3 is 12.1 Å². The Morgan fingerprint density at radius 2 is 1.89 bits per heavy atom. The lowest BCUT2D eigenvalue weighted by Gasteiger charge is -2.34. The van der Waals surface area contributed by atoms with Gasteiger partial charge in [0.1, 0.15) is 5.82 Å². The summed E-state index contributed by atoms with van der Waals surface area (Å²) >= 11 is 0.580. The van der Waals surface area contributed by atoms with Crippen LogP contribution in [-0.4, -0.2) is 62.5 Å². The summed E-state index contributed by atoms with van der Waals surface area (Å²) in [5.74, 6) is -1.12. The van der Waals surface area contributed by atoms with Gasteiger partial charge in [-0.05, 0) is 62.0 Å². The quantitative estimate of drug-likeness (QED) is 0.428. The number of hydrogen-bond acceptors (Lipinski definition) is 5. The number of piperidine rings is 1. The minimum absolute atomic E-state index is 0. The number of alkyl halides is 3. The highest BCUT2D eigenvalue weighted by Gasteiger charge is 2.35. The van der Waals surface area contributed by atoms with Crippen molar-refractivity contribution < 1.29 is 32.3 Å². The SMILES string of the molecule is Cl.O=C(O)CC1CCN(CC(=O)N2CCc3c(n(Cc4cnc(C(F)(F)F)s4)c4ccc(F)cc34)C2)CC1. The number of hydrogen-bond donors (Lipinski definition) is 1. The highest BCUT2D eigenvalue weighted by molar-refractivity contribution is 7.11. The van der Waals surface area contributed by atoms with E-state index in [-0.39, 0.29) is 50.3 Å². The van der Waals surface area contributed by atoms with Crippen LogP contribution in [0.4, 0.5) is 17.6 Å². The molecule has 2 aromatic heterocycles. The summed E-state index contributed by atoms with van der Waals surface area (Å²) in [5.41, 5.74) is 2.42. The standard InChI is InChI=1S/C25H26F4N4O3S.ClH/c26-16-1-2-20-19(10-16)18-5-8-32(22(34)14-31-6-3-15(4-7-31)9-23(35)36)13-21(18)33(20)12-17-11-30-24(37-17)25(27,28)29;/h1-2,10-11,15H,3-9,12-14H2,(H,35,36);1H. The molecule has 1 amide bonds. The largest absolute Gasteiger partial charge is 0.481 e. The summed E-state index contributed by atoms with van der Waals surface area (Å²) in [5, 5.41) is 8.79. The first-order valence-electron chi connectivity index (χ1n) is 12.1. The molecule has 0 atom stereocenters. The van der Waals surface area contributed by atoms with Crippen molar-refractivity contribution >= 4 is 46.5 Å². The van der Waals surface area contributed by atoms with Gasteiger partial charge in [-0.2, -0.15) is 13.2 Å². The van der Waals surface area contributed by atoms with Gasteiger partial charge in [0.25, 0.3) is 0 Å². The molecule has 206 valence electrons. The molecule has 4 heterocycles. The zero-order valence-corrected chi connectivity index (χ0v) is 22.0. The fraction of sp³-hybridized carbons (Fsp3) is 0.480. The topological polar surface area (TPSA) is 78.7 Å². The van der Waals surface area contributed by atoms with Gasteiger partial charge in [0.15, 0.2) is 5.01 Å². The number of aromatic nitrogens is 2. The normalized spacial score (nSPS) is 16.9. The lowest BCUT2D eigenvalue weighted by molar-refractivity contribution is -0.139. The number of carboxylic acids is 1. The number of thiazole rings is 1. The van der Waals surface area contributed by atoms with E-state index in [1.807, 2.05) is 9.47 Å². The number of carbonyl (C=O) groups is 2. The van der Waals surface area contributed by atoms with E-state index in [1.54, 1.807) is 11.0 Å². The van der Waals surface area contributed by atoms with E-state index < -0.39 is 23.0 Å². The number of nitrogens with zero attached hydrogens (tertiary/aromatic N) is 4. The average Bonchev–Trinajstić information content (AvgIpc) is 3.43. The third kappa shape index (κ3) is 5.97. The molecule has 0 spiro atoms. The second-order valence-corrected chi connectivity index (χ2v) is 10.8. The molecule has 0 unspecified atom stereocenters. The second-order valence-electron chi connectivity index (χ2n) is 9.69. The Kier molecular flexibility index (Phi) is 8.34. The minimum atomic E-state index is -4.52. The van der Waals surface area contributed by atoms with Gasteiger partial charge in [-0.1, -0.05) is 0 Å². The van der Waals surface area contributed by atoms with Gasteiger partial charge in [0.05, 0.1) is 19.6 Å². The van der Waals surface area contributed by atoms with Crippen LogP contribution in [0.2, 0.25) is 0 Å². The zero-order chi connectivity index (χ0) is 26.3. The number of halogens is 5. The molecule has 5 rings (SSSR count). The maximum Gasteiger partial charge on any atom is 0.443 e. The third-order valence-corrected chi connectivity index (χ3v) is 8.24. The van der Waals surface area contributed by atoms with Crippen LogP contribution < -0.4 is 0 Å². The highest BCUT2D eigenvalue weighted by atomic mass is 35.5. The van der Waals surface area contributed by atoms with E-state index in [0.717, 1.165) is 24.1 Å². The van der Waals surface area contributed by atoms with Gasteiger partial charge < -0.3 is 14.6 Å². The van der Waals surface area contributed by atoms with Crippen LogP contribution in [0.5, 0.6) is 0 Å². The van der Waals surface area contributed by atoms with Gasteiger partial charge in [-0.25, -0.2) is 9.37 Å². The molecule has 2 aliphatic rings. The molecule has 0 aliphatic carbocycles. The molecule has 1 aromatic carbocycles. The van der Waals surface area contributed by atoms with Crippen molar-refractivity contribution in [1.82, 2.24) is 19.4 Å². The van der Waals surface area contributed by atoms with Crippen LogP contribution >= 0.6 is 23.7 Å². The van der Waals surface area contributed by atoms with Crippen molar-refractivity contribution in [3.8, 4) is 0 Å². The van der Waals surface area contributed by atoms with Crippen molar-refractivity contribution in [2.24, 2.45) is 5.92 Å². The summed E-state index contributed by atoms with van der Waals surface area (Å²) in [6.07, 6.45) is -1.17. The summed E-state index contributed by atoms with van der Waals surface area (Å²) < 4.78 is 55.2. The molecule has 0 saturated carbocycles. The summed E-state index contributed by atoms with van der Waals surface area (Å²) in [6, 6.07) is 4.40. The number of benzene rings is 1. The molecule has 1 N–H and O–H groups in total. The number of aliphatic carboxylic acids is 1. The van der Waals surface area contributed by atoms with E-state index in [1.165, 1.54) is 18.3 Å². The van der Waals surface area contributed by atoms with Crippen LogP contribution in [0.1, 0.15) is 40.4 Å². The van der Waals surface area contributed by atoms with E-state index in [4.69, 9.17) is 5.11 Å². The minimum Gasteiger partial charge on any atom is -0.481 e. The molecule has 0 bridgehead atoms. The molecule has 3 aromatic rings. The number of carboxylic acid groups (broad SMARTS) is 1. The third-order valence-electron chi connectivity index (χ3n) is 7.21. The van der Waals surface area contributed by atoms with Crippen LogP contribution in [0.3, 0.4) is 0 Å². The van der Waals surface area contributed by atoms with E-state index >= 15 is 0 Å². The molecule has 2 aliphatic heterocycles. The van der Waals surface area contributed by atoms with Gasteiger partial charge in [-0.15, -0.1) is 23.7 Å². The van der Waals surface area contributed by atoms with Crippen molar-refractivity contribution in [2.75, 3.05) is 26.2 Å². The van der Waals surface area contributed by atoms with Crippen LogP contribution in [0.15, 0.2) is 24.4 Å². The summed E-state index contributed by atoms with van der Waals surface area (Å²) in [7, 11) is 0. The molecule has 38 heavy (non-hydrogen) atoms. The van der Waals surface area contributed by atoms with Crippen LogP contribution in [0.25, 0.3) is 10.9 Å². The Labute approximate surface area is 226 Å². The smallest absolute Gasteiger partial charge is 0.443 e. The first-order chi connectivity index (χ1) is 17.6. The van der Waals surface area contributed by atoms with Crippen LogP contribution in [0, 0.1) is 11.7 Å². The highest BCUT2D eigenvalue weighted by Crippen LogP contribution is 2.36. The fourth-order valence-electron chi connectivity index (χ4n) is 5.36. The number of fused-ring (bicyclic) bond motifs is 3. The van der Waals surface area contributed by atoms with Crippen LogP contribution in [-0.2, 0) is 35.3 Å². The maximum absolute atomic E-state index is 14.1. The first kappa shape index (κ1) is 28.3. The molecule has 7 nitrogen and oxygen atoms in total. The van der Waals surface area contributed by atoms with Gasteiger partial charge in [0, 0.05) is 40.6 Å². The Balaban J connectivity index is 0.00000336. The predicted molar refractivity (Wildman–Crippen MR) is 136 cm³/mol. The molecule has 13 heteroatoms. The Morgan fingerprint density at radius 3 is 2.55 bits per heavy atom. The van der Waals surface area contributed by atoms with E-state index in [9.17, 15) is 27.2 Å². The Bertz CT molecular complexity index is 1330. The van der Waals surface area contributed by atoms with Crippen molar-refractivity contribution in [1.29, 1.82) is 0 Å². The Hall–Kier alpha value is -2.70. The maximum atomic E-state index is 14.1. The predicted octanol–water partition coefficient (Wildman–Crippen LogP) is 4.80. The fourth-order valence-corrected chi connectivity index (χ4v) is 6.13. The zero-order valence-electron chi connectivity index (χ0n) is 20.3. The summed E-state index contributed by atoms with van der Waals surface area (Å²) in [6.45, 7) is 2.45. The first-order valence-corrected chi connectivity index (χ1v) is 12.9. The number of carbonyl (C=O) groups excluding carboxylic acids is 1. The molecule has 1 fully saturated rings. The lowest BCUT2D eigenvalue weighted by atomic mass is 9.93. The van der Waals surface area contributed by atoms with Crippen molar-refractivity contribution in [3.63, 3.8) is 0 Å². The van der Waals surface area contributed by atoms with E-state index in [2.05, 4.69) is 4.98 Å². The lowest BCUT2D eigenvalue weighted by Crippen LogP contribution is -2.45. The number of likely N-dealkylation sites (tertiary alicyclic amines) is 1. The summed E-state index contributed by atoms with van der Waals surface area (Å²) in [4.78, 5) is 31.9. The average molecular weight is 575 g/mol. The second kappa shape index (κ2) is 11.2. The molecular weight excluding hydrogens is 548 g/mol. The van der Waals surface area contributed by atoms with E-state index in [0.29, 0.717) is 53.2 Å². The Morgan fingerprint density at radius 1 is 1.16 bits per heavy atom. The van der Waals surface area contributed by atoms with Gasteiger partial charge in [0.2, 0.25) is 5.91 Å². The number of amides is 1. The molecular formula is C25H27ClF4N4O3S.